The number of nitrogens with one attached hydrogen (secondary N) is 1. The zero-order chi connectivity index (χ0) is 20.8. The van der Waals surface area contributed by atoms with E-state index in [9.17, 15) is 18.4 Å². The summed E-state index contributed by atoms with van der Waals surface area (Å²) in [6, 6.07) is 16.3. The summed E-state index contributed by atoms with van der Waals surface area (Å²) >= 11 is 0. The minimum absolute atomic E-state index is 0.216. The lowest BCUT2D eigenvalue weighted by atomic mass is 10.1. The molecule has 3 aromatic carbocycles. The molecule has 0 heterocycles. The van der Waals surface area contributed by atoms with E-state index in [1.165, 1.54) is 12.2 Å². The lowest BCUT2D eigenvalue weighted by Gasteiger charge is -2.07. The summed E-state index contributed by atoms with van der Waals surface area (Å²) in [5.74, 6) is -1.90. The summed E-state index contributed by atoms with van der Waals surface area (Å²) in [4.78, 5) is 24.5. The quantitative estimate of drug-likeness (QED) is 0.467. The Kier molecular flexibility index (Phi) is 6.14. The third-order valence-corrected chi connectivity index (χ3v) is 4.12. The van der Waals surface area contributed by atoms with Crippen LogP contribution in [-0.2, 0) is 0 Å². The maximum Gasteiger partial charge on any atom is 0.255 e. The SMILES string of the molecule is COc1ccc(C(=O)Nc2cccc(/C=C/C(=O)c3ccc(F)cc3F)c2)cc1. The standard InChI is InChI=1S/C23H17F2NO3/c1-29-19-9-6-16(7-10-19)23(28)26-18-4-2-3-15(13-18)5-12-22(27)20-11-8-17(24)14-21(20)25/h2-14H,1H3,(H,26,28)/b12-5+. The number of ketones is 1. The van der Waals surface area contributed by atoms with Crippen LogP contribution in [0.5, 0.6) is 5.75 Å². The Bertz CT molecular complexity index is 1080. The van der Waals surface area contributed by atoms with E-state index >= 15 is 0 Å². The van der Waals surface area contributed by atoms with Gasteiger partial charge >= 0.3 is 0 Å². The molecule has 1 N–H and O–H groups in total. The Balaban J connectivity index is 1.70. The number of allylic oxidation sites excluding steroid dienone is 1. The van der Waals surface area contributed by atoms with E-state index in [0.717, 1.165) is 12.1 Å². The van der Waals surface area contributed by atoms with Crippen molar-refractivity contribution in [2.75, 3.05) is 12.4 Å². The fraction of sp³-hybridized carbons (Fsp3) is 0.0435. The van der Waals surface area contributed by atoms with E-state index < -0.39 is 17.4 Å². The van der Waals surface area contributed by atoms with Crippen molar-refractivity contribution in [3.05, 3.63) is 101 Å². The van der Waals surface area contributed by atoms with Crippen molar-refractivity contribution in [3.63, 3.8) is 0 Å². The first-order valence-corrected chi connectivity index (χ1v) is 8.69. The average Bonchev–Trinajstić information content (AvgIpc) is 2.72. The molecule has 0 saturated carbocycles. The third-order valence-electron chi connectivity index (χ3n) is 4.12. The molecule has 3 aromatic rings. The molecular formula is C23H17F2NO3. The van der Waals surface area contributed by atoms with Gasteiger partial charge in [0.25, 0.3) is 5.91 Å². The van der Waals surface area contributed by atoms with Crippen LogP contribution in [0.1, 0.15) is 26.3 Å². The predicted octanol–water partition coefficient (Wildman–Crippen LogP) is 5.12. The number of amides is 1. The van der Waals surface area contributed by atoms with Crippen LogP contribution in [0.2, 0.25) is 0 Å². The number of halogens is 2. The molecule has 0 fully saturated rings. The second-order valence-electron chi connectivity index (χ2n) is 6.13. The first kappa shape index (κ1) is 19.9. The van der Waals surface area contributed by atoms with Gasteiger partial charge in [-0.1, -0.05) is 18.2 Å². The fourth-order valence-electron chi connectivity index (χ4n) is 2.62. The maximum atomic E-state index is 13.7. The van der Waals surface area contributed by atoms with Crippen molar-refractivity contribution in [1.82, 2.24) is 0 Å². The van der Waals surface area contributed by atoms with E-state index in [4.69, 9.17) is 4.74 Å². The van der Waals surface area contributed by atoms with Gasteiger partial charge in [-0.05, 0) is 60.2 Å². The largest absolute Gasteiger partial charge is 0.497 e. The van der Waals surface area contributed by atoms with Crippen molar-refractivity contribution in [2.24, 2.45) is 0 Å². The van der Waals surface area contributed by atoms with Crippen molar-refractivity contribution in [1.29, 1.82) is 0 Å². The van der Waals surface area contributed by atoms with Crippen molar-refractivity contribution in [3.8, 4) is 5.75 Å². The number of ether oxygens (including phenoxy) is 1. The molecule has 1 amide bonds. The fourth-order valence-corrected chi connectivity index (χ4v) is 2.62. The minimum Gasteiger partial charge on any atom is -0.497 e. The Hall–Kier alpha value is -3.80. The molecule has 0 radical (unpaired) electrons. The molecule has 0 spiro atoms. The molecule has 0 atom stereocenters. The van der Waals surface area contributed by atoms with Gasteiger partial charge < -0.3 is 10.1 Å². The van der Waals surface area contributed by atoms with Crippen molar-refractivity contribution in [2.45, 2.75) is 0 Å². The van der Waals surface area contributed by atoms with Crippen LogP contribution >= 0.6 is 0 Å². The Morgan fingerprint density at radius 3 is 2.41 bits per heavy atom. The molecular weight excluding hydrogens is 376 g/mol. The normalized spacial score (nSPS) is 10.7. The molecule has 29 heavy (non-hydrogen) atoms. The Labute approximate surface area is 166 Å². The number of rotatable bonds is 6. The highest BCUT2D eigenvalue weighted by Gasteiger charge is 2.10. The van der Waals surface area contributed by atoms with E-state index in [0.29, 0.717) is 28.6 Å². The third kappa shape index (κ3) is 5.13. The Morgan fingerprint density at radius 1 is 0.966 bits per heavy atom. The van der Waals surface area contributed by atoms with Gasteiger partial charge in [-0.2, -0.15) is 0 Å². The number of carbonyl (C=O) groups excluding carboxylic acids is 2. The van der Waals surface area contributed by atoms with E-state index in [1.807, 2.05) is 0 Å². The molecule has 146 valence electrons. The second kappa shape index (κ2) is 8.93. The van der Waals surface area contributed by atoms with Gasteiger partial charge in [0.05, 0.1) is 12.7 Å². The van der Waals surface area contributed by atoms with Gasteiger partial charge in [-0.3, -0.25) is 9.59 Å². The number of hydrogen-bond donors (Lipinski definition) is 1. The van der Waals surface area contributed by atoms with Crippen LogP contribution in [0.15, 0.2) is 72.8 Å². The Morgan fingerprint density at radius 2 is 1.72 bits per heavy atom. The maximum absolute atomic E-state index is 13.7. The van der Waals surface area contributed by atoms with Crippen LogP contribution in [-0.4, -0.2) is 18.8 Å². The summed E-state index contributed by atoms with van der Waals surface area (Å²) in [5.41, 5.74) is 1.42. The van der Waals surface area contributed by atoms with Crippen LogP contribution in [0.25, 0.3) is 6.08 Å². The van der Waals surface area contributed by atoms with Crippen LogP contribution < -0.4 is 10.1 Å². The zero-order valence-corrected chi connectivity index (χ0v) is 15.5. The molecule has 0 saturated heterocycles. The topological polar surface area (TPSA) is 55.4 Å². The highest BCUT2D eigenvalue weighted by molar-refractivity contribution is 6.07. The predicted molar refractivity (Wildman–Crippen MR) is 107 cm³/mol. The minimum atomic E-state index is -0.917. The number of carbonyl (C=O) groups is 2. The lowest BCUT2D eigenvalue weighted by Crippen LogP contribution is -2.11. The number of anilines is 1. The van der Waals surface area contributed by atoms with Crippen LogP contribution in [0.4, 0.5) is 14.5 Å². The van der Waals surface area contributed by atoms with Gasteiger partial charge in [0, 0.05) is 17.3 Å². The summed E-state index contributed by atoms with van der Waals surface area (Å²) in [6.45, 7) is 0. The van der Waals surface area contributed by atoms with Gasteiger partial charge in [0.2, 0.25) is 0 Å². The first-order chi connectivity index (χ1) is 14.0. The van der Waals surface area contributed by atoms with Gasteiger partial charge in [-0.15, -0.1) is 0 Å². The number of hydrogen-bond acceptors (Lipinski definition) is 3. The van der Waals surface area contributed by atoms with Gasteiger partial charge in [0.1, 0.15) is 17.4 Å². The zero-order valence-electron chi connectivity index (χ0n) is 15.5. The average molecular weight is 393 g/mol. The molecule has 3 rings (SSSR count). The van der Waals surface area contributed by atoms with E-state index in [1.54, 1.807) is 55.6 Å². The summed E-state index contributed by atoms with van der Waals surface area (Å²) < 4.78 is 31.7. The van der Waals surface area contributed by atoms with E-state index in [-0.39, 0.29) is 11.5 Å². The molecule has 0 aliphatic heterocycles. The highest BCUT2D eigenvalue weighted by atomic mass is 19.1. The van der Waals surface area contributed by atoms with E-state index in [2.05, 4.69) is 5.32 Å². The molecule has 0 aliphatic rings. The summed E-state index contributed by atoms with van der Waals surface area (Å²) in [7, 11) is 1.54. The first-order valence-electron chi connectivity index (χ1n) is 8.69. The smallest absolute Gasteiger partial charge is 0.255 e. The summed E-state index contributed by atoms with van der Waals surface area (Å²) in [6.07, 6.45) is 2.69. The van der Waals surface area contributed by atoms with Gasteiger partial charge in [-0.25, -0.2) is 8.78 Å². The highest BCUT2D eigenvalue weighted by Crippen LogP contribution is 2.17. The van der Waals surface area contributed by atoms with Crippen LogP contribution in [0, 0.1) is 11.6 Å². The van der Waals surface area contributed by atoms with Crippen molar-refractivity contribution < 1.29 is 23.1 Å². The monoisotopic (exact) mass is 393 g/mol. The number of methoxy groups -OCH3 is 1. The van der Waals surface area contributed by atoms with Gasteiger partial charge in [0.15, 0.2) is 5.78 Å². The molecule has 6 heteroatoms. The molecule has 0 bridgehead atoms. The van der Waals surface area contributed by atoms with Crippen LogP contribution in [0.3, 0.4) is 0 Å². The molecule has 4 nitrogen and oxygen atoms in total. The molecule has 0 aliphatic carbocycles. The summed E-state index contributed by atoms with van der Waals surface area (Å²) in [5, 5.41) is 2.77. The second-order valence-corrected chi connectivity index (χ2v) is 6.13. The molecule has 0 aromatic heterocycles. The number of benzene rings is 3. The van der Waals surface area contributed by atoms with Crippen molar-refractivity contribution >= 4 is 23.5 Å². The lowest BCUT2D eigenvalue weighted by molar-refractivity contribution is 0.102. The molecule has 0 unspecified atom stereocenters.